The first-order valence-electron chi connectivity index (χ1n) is 6.92. The molecule has 0 spiro atoms. The Hall–Kier alpha value is -3.03. The number of aromatic nitrogens is 1. The summed E-state index contributed by atoms with van der Waals surface area (Å²) < 4.78 is 5.91. The lowest BCUT2D eigenvalue weighted by Crippen LogP contribution is -2.11. The van der Waals surface area contributed by atoms with Gasteiger partial charge in [-0.3, -0.25) is 4.79 Å². The molecule has 0 aliphatic rings. The molecule has 4 nitrogen and oxygen atoms in total. The van der Waals surface area contributed by atoms with Gasteiger partial charge < -0.3 is 9.40 Å². The lowest BCUT2D eigenvalue weighted by molar-refractivity contribution is 0.669. The maximum atomic E-state index is 12.3. The largest absolute Gasteiger partial charge is 0.454 e. The number of nitriles is 1. The second-order valence-corrected chi connectivity index (χ2v) is 5.57. The summed E-state index contributed by atoms with van der Waals surface area (Å²) in [6.07, 6.45) is 0. The molecule has 23 heavy (non-hydrogen) atoms. The zero-order valence-electron chi connectivity index (χ0n) is 11.8. The van der Waals surface area contributed by atoms with Crippen molar-refractivity contribution >= 4 is 33.7 Å². The molecule has 0 amide bonds. The van der Waals surface area contributed by atoms with Gasteiger partial charge in [-0.05, 0) is 23.8 Å². The van der Waals surface area contributed by atoms with Gasteiger partial charge in [0.25, 0.3) is 5.56 Å². The Labute approximate surface area is 135 Å². The number of H-pyrrole nitrogens is 1. The van der Waals surface area contributed by atoms with Crippen molar-refractivity contribution in [3.05, 3.63) is 69.5 Å². The molecule has 0 radical (unpaired) electrons. The van der Waals surface area contributed by atoms with E-state index in [1.807, 2.05) is 36.4 Å². The van der Waals surface area contributed by atoms with Crippen molar-refractivity contribution in [2.75, 3.05) is 0 Å². The topological polar surface area (TPSA) is 69.8 Å². The van der Waals surface area contributed by atoms with E-state index in [9.17, 15) is 10.1 Å². The van der Waals surface area contributed by atoms with E-state index >= 15 is 0 Å². The van der Waals surface area contributed by atoms with Crippen LogP contribution in [0.4, 0.5) is 0 Å². The number of halogens is 1. The molecule has 0 aliphatic heterocycles. The second kappa shape index (κ2) is 5.01. The van der Waals surface area contributed by atoms with Crippen LogP contribution < -0.4 is 5.56 Å². The SMILES string of the molecule is N#Cc1c(-c2ccccc2)c2oc3ccc(Cl)cc3c2[nH]c1=O. The first kappa shape index (κ1) is 13.6. The molecule has 2 aromatic heterocycles. The molecule has 0 fully saturated rings. The smallest absolute Gasteiger partial charge is 0.267 e. The zero-order chi connectivity index (χ0) is 16.0. The molecule has 0 bridgehead atoms. The number of nitrogens with zero attached hydrogens (tertiary/aromatic N) is 1. The molecule has 5 heteroatoms. The van der Waals surface area contributed by atoms with Crippen molar-refractivity contribution in [1.29, 1.82) is 5.26 Å². The van der Waals surface area contributed by atoms with Gasteiger partial charge in [0.1, 0.15) is 17.2 Å². The van der Waals surface area contributed by atoms with Crippen LogP contribution in [0.3, 0.4) is 0 Å². The number of hydrogen-bond acceptors (Lipinski definition) is 3. The second-order valence-electron chi connectivity index (χ2n) is 5.13. The number of hydrogen-bond donors (Lipinski definition) is 1. The van der Waals surface area contributed by atoms with Crippen LogP contribution in [0, 0.1) is 11.3 Å². The molecule has 0 unspecified atom stereocenters. The number of aromatic amines is 1. The highest BCUT2D eigenvalue weighted by molar-refractivity contribution is 6.31. The number of furan rings is 1. The van der Waals surface area contributed by atoms with Gasteiger partial charge in [-0.15, -0.1) is 0 Å². The maximum Gasteiger partial charge on any atom is 0.267 e. The maximum absolute atomic E-state index is 12.3. The molecule has 0 saturated heterocycles. The summed E-state index contributed by atoms with van der Waals surface area (Å²) in [4.78, 5) is 15.1. The van der Waals surface area contributed by atoms with Crippen molar-refractivity contribution in [2.45, 2.75) is 0 Å². The monoisotopic (exact) mass is 320 g/mol. The molecule has 110 valence electrons. The molecular formula is C18H9ClN2O2. The van der Waals surface area contributed by atoms with E-state index in [1.54, 1.807) is 18.2 Å². The standard InChI is InChI=1S/C18H9ClN2O2/c19-11-6-7-14-12(8-11)16-17(23-14)15(10-4-2-1-3-5-10)13(9-20)18(22)21-16/h1-8H,(H,21,22). The van der Waals surface area contributed by atoms with E-state index in [0.29, 0.717) is 32.7 Å². The minimum atomic E-state index is -0.443. The van der Waals surface area contributed by atoms with E-state index in [0.717, 1.165) is 5.56 Å². The van der Waals surface area contributed by atoms with Crippen molar-refractivity contribution in [2.24, 2.45) is 0 Å². The summed E-state index contributed by atoms with van der Waals surface area (Å²) in [6, 6.07) is 16.4. The summed E-state index contributed by atoms with van der Waals surface area (Å²) in [6.45, 7) is 0. The first-order valence-corrected chi connectivity index (χ1v) is 7.30. The summed E-state index contributed by atoms with van der Waals surface area (Å²) in [5, 5.41) is 10.7. The molecule has 0 atom stereocenters. The first-order chi connectivity index (χ1) is 11.2. The van der Waals surface area contributed by atoms with Crippen molar-refractivity contribution in [1.82, 2.24) is 4.98 Å². The van der Waals surface area contributed by atoms with Crippen LogP contribution in [0.5, 0.6) is 0 Å². The summed E-state index contributed by atoms with van der Waals surface area (Å²) in [5.74, 6) is 0. The Bertz CT molecular complexity index is 1150. The Morgan fingerprint density at radius 1 is 1.13 bits per heavy atom. The van der Waals surface area contributed by atoms with Gasteiger partial charge in [-0.2, -0.15) is 5.26 Å². The van der Waals surface area contributed by atoms with Gasteiger partial charge in [0, 0.05) is 10.4 Å². The van der Waals surface area contributed by atoms with E-state index in [2.05, 4.69) is 4.98 Å². The third-order valence-corrected chi connectivity index (χ3v) is 4.00. The van der Waals surface area contributed by atoms with Gasteiger partial charge in [-0.1, -0.05) is 41.9 Å². The van der Waals surface area contributed by atoms with E-state index in [1.165, 1.54) is 0 Å². The van der Waals surface area contributed by atoms with Gasteiger partial charge in [0.2, 0.25) is 0 Å². The van der Waals surface area contributed by atoms with Crippen LogP contribution in [0.1, 0.15) is 5.56 Å². The highest BCUT2D eigenvalue weighted by atomic mass is 35.5. The minimum Gasteiger partial charge on any atom is -0.454 e. The Morgan fingerprint density at radius 3 is 2.65 bits per heavy atom. The van der Waals surface area contributed by atoms with Crippen LogP contribution in [-0.4, -0.2) is 4.98 Å². The molecule has 1 N–H and O–H groups in total. The van der Waals surface area contributed by atoms with Crippen LogP contribution in [0.2, 0.25) is 5.02 Å². The van der Waals surface area contributed by atoms with Gasteiger partial charge in [-0.25, -0.2) is 0 Å². The Balaban J connectivity index is 2.25. The Kier molecular flexibility index (Phi) is 2.97. The predicted molar refractivity (Wildman–Crippen MR) is 89.5 cm³/mol. The van der Waals surface area contributed by atoms with Gasteiger partial charge in [0.05, 0.1) is 11.1 Å². The lowest BCUT2D eigenvalue weighted by Gasteiger charge is -2.04. The average Bonchev–Trinajstić information content (AvgIpc) is 2.92. The van der Waals surface area contributed by atoms with Crippen molar-refractivity contribution in [3.8, 4) is 17.2 Å². The number of benzene rings is 2. The highest BCUT2D eigenvalue weighted by Gasteiger charge is 2.19. The normalized spacial score (nSPS) is 11.0. The number of fused-ring (bicyclic) bond motifs is 3. The summed E-state index contributed by atoms with van der Waals surface area (Å²) >= 11 is 6.05. The van der Waals surface area contributed by atoms with E-state index in [-0.39, 0.29) is 5.56 Å². The van der Waals surface area contributed by atoms with Crippen LogP contribution in [-0.2, 0) is 0 Å². The molecule has 0 aliphatic carbocycles. The molecule has 4 rings (SSSR count). The van der Waals surface area contributed by atoms with Crippen LogP contribution >= 0.6 is 11.6 Å². The quantitative estimate of drug-likeness (QED) is 0.562. The fourth-order valence-electron chi connectivity index (χ4n) is 2.76. The van der Waals surface area contributed by atoms with Crippen molar-refractivity contribution < 1.29 is 4.42 Å². The molecule has 2 aromatic carbocycles. The molecular weight excluding hydrogens is 312 g/mol. The zero-order valence-corrected chi connectivity index (χ0v) is 12.5. The average molecular weight is 321 g/mol. The van der Waals surface area contributed by atoms with E-state index < -0.39 is 5.56 Å². The number of rotatable bonds is 1. The van der Waals surface area contributed by atoms with Gasteiger partial charge >= 0.3 is 0 Å². The molecule has 2 heterocycles. The van der Waals surface area contributed by atoms with Crippen LogP contribution in [0.25, 0.3) is 33.2 Å². The number of pyridine rings is 1. The third-order valence-electron chi connectivity index (χ3n) is 3.77. The predicted octanol–water partition coefficient (Wildman–Crippen LogP) is 4.47. The molecule has 0 saturated carbocycles. The fraction of sp³-hybridized carbons (Fsp3) is 0. The summed E-state index contributed by atoms with van der Waals surface area (Å²) in [7, 11) is 0. The fourth-order valence-corrected chi connectivity index (χ4v) is 2.93. The van der Waals surface area contributed by atoms with Gasteiger partial charge in [0.15, 0.2) is 5.58 Å². The van der Waals surface area contributed by atoms with Crippen molar-refractivity contribution in [3.63, 3.8) is 0 Å². The molecule has 4 aromatic rings. The third kappa shape index (κ3) is 2.02. The van der Waals surface area contributed by atoms with Crippen LogP contribution in [0.15, 0.2) is 57.7 Å². The Morgan fingerprint density at radius 2 is 1.91 bits per heavy atom. The summed E-state index contributed by atoms with van der Waals surface area (Å²) in [5.41, 5.74) is 2.47. The highest BCUT2D eigenvalue weighted by Crippen LogP contribution is 2.36. The lowest BCUT2D eigenvalue weighted by atomic mass is 10.0. The number of nitrogens with one attached hydrogen (secondary N) is 1. The van der Waals surface area contributed by atoms with E-state index in [4.69, 9.17) is 16.0 Å². The minimum absolute atomic E-state index is 0.0360.